The van der Waals surface area contributed by atoms with Gasteiger partial charge in [0.1, 0.15) is 5.82 Å². The number of nitrogens with two attached hydrogens (primary N) is 1. The second-order valence-electron chi connectivity index (χ2n) is 3.96. The molecule has 0 radical (unpaired) electrons. The minimum Gasteiger partial charge on any atom is -0.384 e. The Bertz CT molecular complexity index is 330. The van der Waals surface area contributed by atoms with Gasteiger partial charge in [0.05, 0.1) is 18.9 Å². The minimum atomic E-state index is 0.336. The minimum absolute atomic E-state index is 0.336. The van der Waals surface area contributed by atoms with Crippen molar-refractivity contribution in [1.82, 2.24) is 9.78 Å². The highest BCUT2D eigenvalue weighted by atomic mass is 16.5. The second-order valence-corrected chi connectivity index (χ2v) is 3.96. The summed E-state index contributed by atoms with van der Waals surface area (Å²) in [7, 11) is 0. The van der Waals surface area contributed by atoms with E-state index in [2.05, 4.69) is 18.9 Å². The Balaban J connectivity index is 2.40. The van der Waals surface area contributed by atoms with Gasteiger partial charge in [0.25, 0.3) is 0 Å². The highest BCUT2D eigenvalue weighted by Crippen LogP contribution is 2.23. The van der Waals surface area contributed by atoms with Crippen molar-refractivity contribution >= 4 is 5.82 Å². The molecule has 1 aliphatic rings. The standard InChI is InChI=1S/C10H17N3O/c1-7(2)13-10(11)8-3-5-14-6-4-9(8)12-13/h7H,3-6,11H2,1-2H3. The molecule has 2 rings (SSSR count). The molecule has 0 aromatic carbocycles. The van der Waals surface area contributed by atoms with E-state index in [-0.39, 0.29) is 0 Å². The predicted octanol–water partition coefficient (Wildman–Crippen LogP) is 1.16. The Morgan fingerprint density at radius 3 is 2.79 bits per heavy atom. The molecule has 14 heavy (non-hydrogen) atoms. The maximum absolute atomic E-state index is 6.04. The van der Waals surface area contributed by atoms with E-state index in [0.717, 1.165) is 37.6 Å². The summed E-state index contributed by atoms with van der Waals surface area (Å²) >= 11 is 0. The molecule has 1 aromatic rings. The van der Waals surface area contributed by atoms with Crippen LogP contribution in [0.2, 0.25) is 0 Å². The maximum Gasteiger partial charge on any atom is 0.125 e. The van der Waals surface area contributed by atoms with E-state index in [9.17, 15) is 0 Å². The number of nitrogen functional groups attached to an aromatic ring is 1. The number of hydrogen-bond donors (Lipinski definition) is 1. The average molecular weight is 195 g/mol. The van der Waals surface area contributed by atoms with Crippen LogP contribution in [-0.4, -0.2) is 23.0 Å². The first-order valence-electron chi connectivity index (χ1n) is 5.13. The molecule has 0 spiro atoms. The zero-order valence-electron chi connectivity index (χ0n) is 8.79. The Labute approximate surface area is 84.0 Å². The second kappa shape index (κ2) is 3.61. The molecule has 0 fully saturated rings. The summed E-state index contributed by atoms with van der Waals surface area (Å²) in [6.07, 6.45) is 1.78. The fourth-order valence-corrected chi connectivity index (χ4v) is 1.84. The molecule has 2 heterocycles. The summed E-state index contributed by atoms with van der Waals surface area (Å²) in [6, 6.07) is 0.336. The molecular weight excluding hydrogens is 178 g/mol. The van der Waals surface area contributed by atoms with Crippen molar-refractivity contribution in [2.45, 2.75) is 32.7 Å². The van der Waals surface area contributed by atoms with Gasteiger partial charge in [0.15, 0.2) is 0 Å². The molecule has 1 aliphatic heterocycles. The van der Waals surface area contributed by atoms with Crippen LogP contribution < -0.4 is 5.73 Å². The normalized spacial score (nSPS) is 16.8. The molecule has 2 N–H and O–H groups in total. The van der Waals surface area contributed by atoms with Crippen LogP contribution >= 0.6 is 0 Å². The number of rotatable bonds is 1. The van der Waals surface area contributed by atoms with Gasteiger partial charge in [-0.25, -0.2) is 4.68 Å². The van der Waals surface area contributed by atoms with Crippen LogP contribution in [0.15, 0.2) is 0 Å². The summed E-state index contributed by atoms with van der Waals surface area (Å²) in [6.45, 7) is 5.72. The Hall–Kier alpha value is -1.03. The molecular formula is C10H17N3O. The lowest BCUT2D eigenvalue weighted by Gasteiger charge is -2.08. The third kappa shape index (κ3) is 1.50. The number of anilines is 1. The van der Waals surface area contributed by atoms with Crippen molar-refractivity contribution in [2.24, 2.45) is 0 Å². The first-order valence-corrected chi connectivity index (χ1v) is 5.13. The fourth-order valence-electron chi connectivity index (χ4n) is 1.84. The summed E-state index contributed by atoms with van der Waals surface area (Å²) < 4.78 is 7.30. The largest absolute Gasteiger partial charge is 0.384 e. The Morgan fingerprint density at radius 1 is 1.36 bits per heavy atom. The van der Waals surface area contributed by atoms with Gasteiger partial charge in [0, 0.05) is 24.4 Å². The molecule has 0 unspecified atom stereocenters. The van der Waals surface area contributed by atoms with E-state index in [1.54, 1.807) is 0 Å². The number of aromatic nitrogens is 2. The lowest BCUT2D eigenvalue weighted by molar-refractivity contribution is 0.145. The summed E-state index contributed by atoms with van der Waals surface area (Å²) in [4.78, 5) is 0. The van der Waals surface area contributed by atoms with Crippen LogP contribution in [-0.2, 0) is 17.6 Å². The van der Waals surface area contributed by atoms with Gasteiger partial charge in [-0.3, -0.25) is 0 Å². The third-order valence-electron chi connectivity index (χ3n) is 2.60. The Morgan fingerprint density at radius 2 is 2.07 bits per heavy atom. The van der Waals surface area contributed by atoms with Gasteiger partial charge >= 0.3 is 0 Å². The van der Waals surface area contributed by atoms with Gasteiger partial charge in [-0.15, -0.1) is 0 Å². The van der Waals surface area contributed by atoms with Crippen molar-refractivity contribution in [3.8, 4) is 0 Å². The van der Waals surface area contributed by atoms with E-state index >= 15 is 0 Å². The SMILES string of the molecule is CC(C)n1nc2c(c1N)CCOCC2. The van der Waals surface area contributed by atoms with Gasteiger partial charge < -0.3 is 10.5 Å². The number of ether oxygens (including phenoxy) is 1. The first-order chi connectivity index (χ1) is 6.70. The van der Waals surface area contributed by atoms with Crippen LogP contribution in [0.25, 0.3) is 0 Å². The van der Waals surface area contributed by atoms with Crippen molar-refractivity contribution in [2.75, 3.05) is 18.9 Å². The monoisotopic (exact) mass is 195 g/mol. The average Bonchev–Trinajstić information content (AvgIpc) is 2.37. The quantitative estimate of drug-likeness (QED) is 0.731. The van der Waals surface area contributed by atoms with E-state index in [0.29, 0.717) is 6.04 Å². The molecule has 0 bridgehead atoms. The maximum atomic E-state index is 6.04. The van der Waals surface area contributed by atoms with Gasteiger partial charge in [0.2, 0.25) is 0 Å². The lowest BCUT2D eigenvalue weighted by Crippen LogP contribution is -2.09. The first kappa shape index (κ1) is 9.52. The smallest absolute Gasteiger partial charge is 0.125 e. The zero-order chi connectivity index (χ0) is 10.1. The van der Waals surface area contributed by atoms with E-state index < -0.39 is 0 Å². The topological polar surface area (TPSA) is 53.1 Å². The number of fused-ring (bicyclic) bond motifs is 1. The summed E-state index contributed by atoms with van der Waals surface area (Å²) in [5.41, 5.74) is 8.35. The molecule has 4 nitrogen and oxygen atoms in total. The van der Waals surface area contributed by atoms with E-state index in [4.69, 9.17) is 10.5 Å². The van der Waals surface area contributed by atoms with Crippen molar-refractivity contribution < 1.29 is 4.74 Å². The highest BCUT2D eigenvalue weighted by Gasteiger charge is 2.18. The van der Waals surface area contributed by atoms with Crippen LogP contribution in [0.1, 0.15) is 31.1 Å². The van der Waals surface area contributed by atoms with Crippen molar-refractivity contribution in [3.05, 3.63) is 11.3 Å². The molecule has 78 valence electrons. The molecule has 0 aliphatic carbocycles. The van der Waals surface area contributed by atoms with Gasteiger partial charge in [-0.1, -0.05) is 0 Å². The Kier molecular flexibility index (Phi) is 2.46. The molecule has 1 aromatic heterocycles. The van der Waals surface area contributed by atoms with Crippen LogP contribution in [0, 0.1) is 0 Å². The van der Waals surface area contributed by atoms with Crippen LogP contribution in [0.4, 0.5) is 5.82 Å². The van der Waals surface area contributed by atoms with E-state index in [1.807, 2.05) is 4.68 Å². The number of nitrogens with zero attached hydrogens (tertiary/aromatic N) is 2. The molecule has 0 saturated heterocycles. The summed E-state index contributed by atoms with van der Waals surface area (Å²) in [5, 5.41) is 4.52. The predicted molar refractivity (Wildman–Crippen MR) is 55.3 cm³/mol. The van der Waals surface area contributed by atoms with Gasteiger partial charge in [-0.2, -0.15) is 5.10 Å². The van der Waals surface area contributed by atoms with Crippen molar-refractivity contribution in [3.63, 3.8) is 0 Å². The fraction of sp³-hybridized carbons (Fsp3) is 0.700. The lowest BCUT2D eigenvalue weighted by atomic mass is 10.1. The molecule has 0 atom stereocenters. The third-order valence-corrected chi connectivity index (χ3v) is 2.60. The zero-order valence-corrected chi connectivity index (χ0v) is 8.79. The van der Waals surface area contributed by atoms with E-state index in [1.165, 1.54) is 5.56 Å². The number of hydrogen-bond acceptors (Lipinski definition) is 3. The highest BCUT2D eigenvalue weighted by molar-refractivity contribution is 5.44. The summed E-state index contributed by atoms with van der Waals surface area (Å²) in [5.74, 6) is 0.820. The van der Waals surface area contributed by atoms with Crippen LogP contribution in [0.5, 0.6) is 0 Å². The van der Waals surface area contributed by atoms with Crippen molar-refractivity contribution in [1.29, 1.82) is 0 Å². The molecule has 4 heteroatoms. The molecule has 0 saturated carbocycles. The van der Waals surface area contributed by atoms with Crippen LogP contribution in [0.3, 0.4) is 0 Å². The molecule has 0 amide bonds. The van der Waals surface area contributed by atoms with Gasteiger partial charge in [-0.05, 0) is 13.8 Å².